The smallest absolute Gasteiger partial charge is 0.348 e. The van der Waals surface area contributed by atoms with Crippen molar-refractivity contribution in [2.75, 3.05) is 11.9 Å². The van der Waals surface area contributed by atoms with Crippen LogP contribution in [0.25, 0.3) is 0 Å². The molecular formula is C15H16BrF3N4O2. The van der Waals surface area contributed by atoms with Crippen molar-refractivity contribution in [3.63, 3.8) is 0 Å². The molecule has 25 heavy (non-hydrogen) atoms. The molecule has 0 bridgehead atoms. The van der Waals surface area contributed by atoms with Gasteiger partial charge in [0, 0.05) is 18.0 Å². The van der Waals surface area contributed by atoms with Crippen molar-refractivity contribution >= 4 is 33.6 Å². The van der Waals surface area contributed by atoms with Crippen LogP contribution in [0.5, 0.6) is 0 Å². The van der Waals surface area contributed by atoms with E-state index >= 15 is 0 Å². The van der Waals surface area contributed by atoms with E-state index < -0.39 is 23.5 Å². The minimum absolute atomic E-state index is 0.0617. The van der Waals surface area contributed by atoms with Crippen LogP contribution in [0.3, 0.4) is 0 Å². The van der Waals surface area contributed by atoms with Gasteiger partial charge in [0.1, 0.15) is 10.4 Å². The Balaban J connectivity index is 1.57. The highest BCUT2D eigenvalue weighted by molar-refractivity contribution is 9.10. The van der Waals surface area contributed by atoms with Gasteiger partial charge in [-0.2, -0.15) is 13.2 Å². The molecule has 1 aliphatic heterocycles. The molecule has 3 rings (SSSR count). The third-order valence-corrected chi connectivity index (χ3v) is 5.12. The van der Waals surface area contributed by atoms with Gasteiger partial charge in [-0.25, -0.2) is 4.98 Å². The van der Waals surface area contributed by atoms with E-state index in [-0.39, 0.29) is 18.5 Å². The van der Waals surface area contributed by atoms with Crippen molar-refractivity contribution in [2.45, 2.75) is 38.0 Å². The van der Waals surface area contributed by atoms with Crippen molar-refractivity contribution in [2.24, 2.45) is 5.41 Å². The van der Waals surface area contributed by atoms with Gasteiger partial charge in [-0.15, -0.1) is 0 Å². The van der Waals surface area contributed by atoms with Gasteiger partial charge >= 0.3 is 12.1 Å². The molecule has 0 radical (unpaired) electrons. The standard InChI is InChI=1S/C15H16BrF3N4O2/c1-7-2-3-10(16)22-11(7)23-12(24)8-4-14(5-9(14)21-8)6-20-13(25)15(17,18)19/h2-3,8-9,21H,4-6H2,1H3,(H,20,25)(H,22,23,24)/t8-,9+,14-/m0/s1. The molecule has 0 unspecified atom stereocenters. The van der Waals surface area contributed by atoms with Gasteiger partial charge in [-0.1, -0.05) is 6.07 Å². The van der Waals surface area contributed by atoms with Crippen molar-refractivity contribution in [3.8, 4) is 0 Å². The number of carbonyl (C=O) groups is 2. The second-order valence-electron chi connectivity index (χ2n) is 6.51. The molecule has 1 aromatic rings. The molecule has 136 valence electrons. The van der Waals surface area contributed by atoms with Crippen LogP contribution in [-0.4, -0.2) is 41.6 Å². The summed E-state index contributed by atoms with van der Waals surface area (Å²) in [5.74, 6) is -1.81. The number of aromatic nitrogens is 1. The zero-order chi connectivity index (χ0) is 18.4. The highest BCUT2D eigenvalue weighted by Crippen LogP contribution is 2.54. The first-order valence-electron chi connectivity index (χ1n) is 7.66. The summed E-state index contributed by atoms with van der Waals surface area (Å²) in [7, 11) is 0. The monoisotopic (exact) mass is 420 g/mol. The third-order valence-electron chi connectivity index (χ3n) is 4.68. The summed E-state index contributed by atoms with van der Waals surface area (Å²) in [6.45, 7) is 1.71. The van der Waals surface area contributed by atoms with Crippen LogP contribution in [0, 0.1) is 12.3 Å². The number of nitrogens with one attached hydrogen (secondary N) is 3. The first-order chi connectivity index (χ1) is 11.6. The molecule has 1 saturated heterocycles. The Bertz CT molecular complexity index is 727. The van der Waals surface area contributed by atoms with Gasteiger partial charge in [0.25, 0.3) is 0 Å². The van der Waals surface area contributed by atoms with E-state index in [1.807, 2.05) is 12.2 Å². The van der Waals surface area contributed by atoms with Gasteiger partial charge in [-0.05, 0) is 47.3 Å². The molecular weight excluding hydrogens is 405 g/mol. The zero-order valence-corrected chi connectivity index (χ0v) is 14.8. The first kappa shape index (κ1) is 18.1. The number of aryl methyl sites for hydroxylation is 1. The number of halogens is 4. The lowest BCUT2D eigenvalue weighted by atomic mass is 9.99. The molecule has 3 atom stereocenters. The summed E-state index contributed by atoms with van der Waals surface area (Å²) in [5.41, 5.74) is 0.315. The second-order valence-corrected chi connectivity index (χ2v) is 7.32. The molecule has 2 amide bonds. The van der Waals surface area contributed by atoms with Gasteiger partial charge in [0.2, 0.25) is 5.91 Å². The molecule has 2 fully saturated rings. The maximum Gasteiger partial charge on any atom is 0.471 e. The number of carbonyl (C=O) groups excluding carboxylic acids is 2. The van der Waals surface area contributed by atoms with Crippen LogP contribution in [0.2, 0.25) is 0 Å². The number of alkyl halides is 3. The van der Waals surface area contributed by atoms with Crippen LogP contribution < -0.4 is 16.0 Å². The molecule has 3 N–H and O–H groups in total. The molecule has 10 heteroatoms. The maximum atomic E-state index is 12.4. The SMILES string of the molecule is Cc1ccc(Br)nc1NC(=O)[C@@H]1C[C@@]2(CNC(=O)C(F)(F)F)C[C@H]2N1. The predicted molar refractivity (Wildman–Crippen MR) is 86.7 cm³/mol. The van der Waals surface area contributed by atoms with Crippen LogP contribution in [0.15, 0.2) is 16.7 Å². The van der Waals surface area contributed by atoms with E-state index in [2.05, 4.69) is 31.5 Å². The summed E-state index contributed by atoms with van der Waals surface area (Å²) < 4.78 is 37.4. The molecule has 1 aromatic heterocycles. The number of anilines is 1. The Morgan fingerprint density at radius 3 is 2.80 bits per heavy atom. The third kappa shape index (κ3) is 3.79. The lowest BCUT2D eigenvalue weighted by molar-refractivity contribution is -0.173. The van der Waals surface area contributed by atoms with Crippen molar-refractivity contribution < 1.29 is 22.8 Å². The lowest BCUT2D eigenvalue weighted by Gasteiger charge is -2.17. The van der Waals surface area contributed by atoms with Crippen molar-refractivity contribution in [3.05, 3.63) is 22.3 Å². The topological polar surface area (TPSA) is 83.1 Å². The first-order valence-corrected chi connectivity index (χ1v) is 8.45. The predicted octanol–water partition coefficient (Wildman–Crippen LogP) is 1.89. The number of rotatable bonds is 4. The highest BCUT2D eigenvalue weighted by atomic mass is 79.9. The Hall–Kier alpha value is -1.68. The van der Waals surface area contributed by atoms with Crippen LogP contribution >= 0.6 is 15.9 Å². The molecule has 1 aliphatic carbocycles. The van der Waals surface area contributed by atoms with Gasteiger partial charge in [-0.3, -0.25) is 9.59 Å². The van der Waals surface area contributed by atoms with E-state index in [0.29, 0.717) is 23.3 Å². The Morgan fingerprint density at radius 2 is 2.12 bits per heavy atom. The van der Waals surface area contributed by atoms with Gasteiger partial charge in [0.15, 0.2) is 0 Å². The van der Waals surface area contributed by atoms with E-state index in [4.69, 9.17) is 0 Å². The molecule has 0 aromatic carbocycles. The molecule has 6 nitrogen and oxygen atoms in total. The summed E-state index contributed by atoms with van der Waals surface area (Å²) in [6.07, 6.45) is -3.88. The van der Waals surface area contributed by atoms with Crippen LogP contribution in [0.1, 0.15) is 18.4 Å². The quantitative estimate of drug-likeness (QED) is 0.649. The van der Waals surface area contributed by atoms with Crippen molar-refractivity contribution in [1.82, 2.24) is 15.6 Å². The number of fused-ring (bicyclic) bond motifs is 1. The second kappa shape index (κ2) is 6.24. The number of piperidine rings is 1. The number of nitrogens with zero attached hydrogens (tertiary/aromatic N) is 1. The highest BCUT2D eigenvalue weighted by Gasteiger charge is 2.61. The van der Waals surface area contributed by atoms with E-state index in [0.717, 1.165) is 5.56 Å². The van der Waals surface area contributed by atoms with Gasteiger partial charge in [0.05, 0.1) is 6.04 Å². The zero-order valence-electron chi connectivity index (χ0n) is 13.2. The number of hydrogen-bond donors (Lipinski definition) is 3. The minimum Gasteiger partial charge on any atom is -0.348 e. The summed E-state index contributed by atoms with van der Waals surface area (Å²) in [4.78, 5) is 27.5. The Morgan fingerprint density at radius 1 is 1.40 bits per heavy atom. The number of amides is 2. The largest absolute Gasteiger partial charge is 0.471 e. The summed E-state index contributed by atoms with van der Waals surface area (Å²) in [6, 6.07) is 2.97. The molecule has 0 spiro atoms. The van der Waals surface area contributed by atoms with E-state index in [9.17, 15) is 22.8 Å². The fourth-order valence-corrected chi connectivity index (χ4v) is 3.45. The van der Waals surface area contributed by atoms with Crippen LogP contribution in [-0.2, 0) is 9.59 Å². The average Bonchev–Trinajstić information content (AvgIpc) is 3.08. The van der Waals surface area contributed by atoms with Gasteiger partial charge < -0.3 is 16.0 Å². The molecule has 1 saturated carbocycles. The molecule has 2 heterocycles. The van der Waals surface area contributed by atoms with E-state index in [1.165, 1.54) is 0 Å². The normalized spacial score (nSPS) is 27.6. The Kier molecular flexibility index (Phi) is 4.52. The fraction of sp³-hybridized carbons (Fsp3) is 0.533. The summed E-state index contributed by atoms with van der Waals surface area (Å²) >= 11 is 3.23. The van der Waals surface area contributed by atoms with E-state index in [1.54, 1.807) is 12.1 Å². The minimum atomic E-state index is -4.90. The van der Waals surface area contributed by atoms with Crippen LogP contribution in [0.4, 0.5) is 19.0 Å². The number of pyridine rings is 1. The lowest BCUT2D eigenvalue weighted by Crippen LogP contribution is -2.40. The number of hydrogen-bond acceptors (Lipinski definition) is 4. The fourth-order valence-electron chi connectivity index (χ4n) is 3.14. The van der Waals surface area contributed by atoms with Crippen molar-refractivity contribution in [1.29, 1.82) is 0 Å². The Labute approximate surface area is 150 Å². The average molecular weight is 421 g/mol. The molecule has 2 aliphatic rings. The summed E-state index contributed by atoms with van der Waals surface area (Å²) in [5, 5.41) is 7.75. The maximum absolute atomic E-state index is 12.4.